The fraction of sp³-hybridized carbons (Fsp3) is 0.0455. The fourth-order valence-electron chi connectivity index (χ4n) is 2.45. The van der Waals surface area contributed by atoms with Crippen molar-refractivity contribution < 1.29 is 19.1 Å². The number of methoxy groups -OCH3 is 1. The largest absolute Gasteiger partial charge is 0.497 e. The summed E-state index contributed by atoms with van der Waals surface area (Å²) in [7, 11) is 1.55. The molecule has 6 nitrogen and oxygen atoms in total. The van der Waals surface area contributed by atoms with Crippen LogP contribution in [0.5, 0.6) is 11.5 Å². The van der Waals surface area contributed by atoms with Crippen LogP contribution in [-0.4, -0.2) is 25.2 Å². The number of halogens is 2. The first kappa shape index (κ1) is 21.7. The molecule has 0 fully saturated rings. The minimum absolute atomic E-state index is 0.305. The lowest BCUT2D eigenvalue weighted by Gasteiger charge is -2.08. The van der Waals surface area contributed by atoms with Gasteiger partial charge >= 0.3 is 5.97 Å². The van der Waals surface area contributed by atoms with Crippen molar-refractivity contribution in [1.82, 2.24) is 5.43 Å². The van der Waals surface area contributed by atoms with E-state index in [9.17, 15) is 9.59 Å². The second-order valence-corrected chi connectivity index (χ2v) is 7.84. The molecule has 0 saturated carbocycles. The minimum Gasteiger partial charge on any atom is -0.497 e. The van der Waals surface area contributed by atoms with Crippen molar-refractivity contribution in [2.45, 2.75) is 0 Å². The number of carbonyl (C=O) groups is 2. The monoisotopic (exact) mass is 530 g/mol. The van der Waals surface area contributed by atoms with Crippen molar-refractivity contribution in [2.24, 2.45) is 5.10 Å². The Kier molecular flexibility index (Phi) is 7.37. The van der Waals surface area contributed by atoms with E-state index in [2.05, 4.69) is 42.4 Å². The number of ether oxygens (including phenoxy) is 2. The summed E-state index contributed by atoms with van der Waals surface area (Å²) in [5.41, 5.74) is 3.81. The normalized spacial score (nSPS) is 10.6. The van der Waals surface area contributed by atoms with Gasteiger partial charge in [0, 0.05) is 20.1 Å². The van der Waals surface area contributed by atoms with Crippen molar-refractivity contribution in [3.8, 4) is 11.5 Å². The molecule has 0 aliphatic heterocycles. The van der Waals surface area contributed by atoms with Gasteiger partial charge in [-0.25, -0.2) is 10.2 Å². The molecule has 0 aliphatic carbocycles. The number of hydrogen-bond acceptors (Lipinski definition) is 5. The maximum absolute atomic E-state index is 12.5. The number of carbonyl (C=O) groups excluding carboxylic acids is 2. The molecule has 8 heteroatoms. The average Bonchev–Trinajstić information content (AvgIpc) is 2.75. The van der Waals surface area contributed by atoms with E-state index < -0.39 is 5.97 Å². The van der Waals surface area contributed by atoms with Crippen molar-refractivity contribution >= 4 is 50.0 Å². The highest BCUT2D eigenvalue weighted by Crippen LogP contribution is 2.23. The van der Waals surface area contributed by atoms with Crippen LogP contribution in [0.25, 0.3) is 0 Å². The van der Waals surface area contributed by atoms with Crippen molar-refractivity contribution in [3.63, 3.8) is 0 Å². The van der Waals surface area contributed by atoms with E-state index in [4.69, 9.17) is 9.47 Å². The van der Waals surface area contributed by atoms with Gasteiger partial charge in [0.15, 0.2) is 0 Å². The number of esters is 1. The Labute approximate surface area is 190 Å². The molecule has 0 aliphatic rings. The number of benzene rings is 3. The molecular weight excluding hydrogens is 516 g/mol. The molecule has 1 amide bonds. The van der Waals surface area contributed by atoms with Crippen LogP contribution in [0.3, 0.4) is 0 Å². The molecule has 0 aromatic heterocycles. The molecule has 0 saturated heterocycles. The zero-order chi connectivity index (χ0) is 21.5. The van der Waals surface area contributed by atoms with Gasteiger partial charge in [-0.05, 0) is 60.7 Å². The van der Waals surface area contributed by atoms with Crippen LogP contribution >= 0.6 is 31.9 Å². The van der Waals surface area contributed by atoms with E-state index in [0.717, 1.165) is 8.95 Å². The molecule has 0 atom stereocenters. The van der Waals surface area contributed by atoms with E-state index >= 15 is 0 Å². The van der Waals surface area contributed by atoms with Crippen molar-refractivity contribution in [3.05, 3.63) is 92.4 Å². The van der Waals surface area contributed by atoms with E-state index in [1.807, 2.05) is 6.07 Å². The third kappa shape index (κ3) is 5.77. The quantitative estimate of drug-likeness (QED) is 0.205. The van der Waals surface area contributed by atoms with Gasteiger partial charge in [0.05, 0.1) is 18.9 Å². The van der Waals surface area contributed by atoms with E-state index in [1.54, 1.807) is 67.8 Å². The molecule has 0 bridgehead atoms. The minimum atomic E-state index is -0.521. The van der Waals surface area contributed by atoms with Crippen LogP contribution in [-0.2, 0) is 0 Å². The molecular formula is C22H16Br2N2O4. The SMILES string of the molecule is COc1ccc(C(=O)Oc2ccc(Br)cc2/C=N/NC(=O)c2cccc(Br)c2)cc1. The Bertz CT molecular complexity index is 1100. The number of rotatable bonds is 6. The first-order valence-electron chi connectivity index (χ1n) is 8.71. The van der Waals surface area contributed by atoms with Crippen LogP contribution in [0.2, 0.25) is 0 Å². The van der Waals surface area contributed by atoms with E-state index in [0.29, 0.717) is 28.2 Å². The number of amides is 1. The maximum Gasteiger partial charge on any atom is 0.343 e. The summed E-state index contributed by atoms with van der Waals surface area (Å²) in [5.74, 6) is 0.0656. The molecule has 0 radical (unpaired) electrons. The Morgan fingerprint density at radius 3 is 2.37 bits per heavy atom. The lowest BCUT2D eigenvalue weighted by atomic mass is 10.2. The molecule has 1 N–H and O–H groups in total. The average molecular weight is 532 g/mol. The van der Waals surface area contributed by atoms with Crippen molar-refractivity contribution in [2.75, 3.05) is 7.11 Å². The summed E-state index contributed by atoms with van der Waals surface area (Å²) in [6, 6.07) is 18.7. The Morgan fingerprint density at radius 2 is 1.67 bits per heavy atom. The molecule has 0 unspecified atom stereocenters. The molecule has 152 valence electrons. The van der Waals surface area contributed by atoms with E-state index in [-0.39, 0.29) is 5.91 Å². The highest BCUT2D eigenvalue weighted by Gasteiger charge is 2.12. The van der Waals surface area contributed by atoms with Crippen LogP contribution < -0.4 is 14.9 Å². The molecule has 3 aromatic rings. The molecule has 3 rings (SSSR count). The second-order valence-electron chi connectivity index (χ2n) is 6.01. The van der Waals surface area contributed by atoms with Crippen LogP contribution in [0.1, 0.15) is 26.3 Å². The second kappa shape index (κ2) is 10.2. The highest BCUT2D eigenvalue weighted by molar-refractivity contribution is 9.10. The Morgan fingerprint density at radius 1 is 0.933 bits per heavy atom. The molecule has 3 aromatic carbocycles. The summed E-state index contributed by atoms with van der Waals surface area (Å²) < 4.78 is 12.2. The zero-order valence-electron chi connectivity index (χ0n) is 15.8. The van der Waals surface area contributed by atoms with Crippen LogP contribution in [0.4, 0.5) is 0 Å². The summed E-state index contributed by atoms with van der Waals surface area (Å²) >= 11 is 6.70. The maximum atomic E-state index is 12.5. The highest BCUT2D eigenvalue weighted by atomic mass is 79.9. The van der Waals surface area contributed by atoms with E-state index in [1.165, 1.54) is 6.21 Å². The van der Waals surface area contributed by atoms with Gasteiger partial charge in [0.1, 0.15) is 11.5 Å². The number of hydrogen-bond donors (Lipinski definition) is 1. The van der Waals surface area contributed by atoms with Crippen LogP contribution in [0.15, 0.2) is 80.8 Å². The van der Waals surface area contributed by atoms with Gasteiger partial charge in [-0.2, -0.15) is 5.10 Å². The standard InChI is InChI=1S/C22H16Br2N2O4/c1-29-19-8-5-14(6-9-19)22(28)30-20-10-7-18(24)12-16(20)13-25-26-21(27)15-3-2-4-17(23)11-15/h2-13H,1H3,(H,26,27)/b25-13+. The van der Waals surface area contributed by atoms with Gasteiger partial charge in [0.25, 0.3) is 5.91 Å². The summed E-state index contributed by atoms with van der Waals surface area (Å²) in [4.78, 5) is 24.7. The third-order valence-corrected chi connectivity index (χ3v) is 4.94. The number of nitrogens with zero attached hydrogens (tertiary/aromatic N) is 1. The Balaban J connectivity index is 1.73. The van der Waals surface area contributed by atoms with Gasteiger partial charge in [-0.15, -0.1) is 0 Å². The summed E-state index contributed by atoms with van der Waals surface area (Å²) in [6.45, 7) is 0. The number of nitrogens with one attached hydrogen (secondary N) is 1. The van der Waals surface area contributed by atoms with Crippen molar-refractivity contribution in [1.29, 1.82) is 0 Å². The third-order valence-electron chi connectivity index (χ3n) is 3.96. The van der Waals surface area contributed by atoms with Gasteiger partial charge < -0.3 is 9.47 Å². The van der Waals surface area contributed by atoms with Gasteiger partial charge in [-0.1, -0.05) is 37.9 Å². The summed E-state index contributed by atoms with van der Waals surface area (Å²) in [6.07, 6.45) is 1.41. The van der Waals surface area contributed by atoms with Gasteiger partial charge in [-0.3, -0.25) is 4.79 Å². The lowest BCUT2D eigenvalue weighted by molar-refractivity contribution is 0.0734. The predicted molar refractivity (Wildman–Crippen MR) is 121 cm³/mol. The smallest absolute Gasteiger partial charge is 0.343 e. The van der Waals surface area contributed by atoms with Gasteiger partial charge in [0.2, 0.25) is 0 Å². The zero-order valence-corrected chi connectivity index (χ0v) is 18.9. The summed E-state index contributed by atoms with van der Waals surface area (Å²) in [5, 5.41) is 3.98. The number of hydrazone groups is 1. The molecule has 0 heterocycles. The molecule has 0 spiro atoms. The lowest BCUT2D eigenvalue weighted by Crippen LogP contribution is -2.17. The predicted octanol–water partition coefficient (Wildman–Crippen LogP) is 5.20. The topological polar surface area (TPSA) is 77.0 Å². The first-order chi connectivity index (χ1) is 14.5. The van der Waals surface area contributed by atoms with Crippen LogP contribution in [0, 0.1) is 0 Å². The Hall–Kier alpha value is -2.97. The fourth-order valence-corrected chi connectivity index (χ4v) is 3.23. The molecule has 30 heavy (non-hydrogen) atoms. The first-order valence-corrected chi connectivity index (χ1v) is 10.3.